The number of hydrogen-bond acceptors (Lipinski definition) is 6. The highest BCUT2D eigenvalue weighted by Gasteiger charge is 2.30. The SMILES string of the molecule is COc1cc2nccc(N3CC(NC(=O)c4ccn(C)n4)C3)c2cc1OC. The maximum absolute atomic E-state index is 12.2. The molecule has 0 saturated carbocycles. The molecule has 0 radical (unpaired) electrons. The first-order valence-corrected chi connectivity index (χ1v) is 8.65. The van der Waals surface area contributed by atoms with Crippen molar-refractivity contribution in [2.24, 2.45) is 7.05 Å². The predicted molar refractivity (Wildman–Crippen MR) is 102 cm³/mol. The van der Waals surface area contributed by atoms with Crippen molar-refractivity contribution in [2.45, 2.75) is 6.04 Å². The first-order chi connectivity index (χ1) is 13.1. The van der Waals surface area contributed by atoms with Gasteiger partial charge < -0.3 is 19.7 Å². The van der Waals surface area contributed by atoms with Crippen molar-refractivity contribution in [1.82, 2.24) is 20.1 Å². The Morgan fingerprint density at radius 2 is 1.93 bits per heavy atom. The van der Waals surface area contributed by atoms with Crippen molar-refractivity contribution in [3.63, 3.8) is 0 Å². The number of carbonyl (C=O) groups is 1. The molecule has 3 aromatic rings. The molecule has 0 aliphatic carbocycles. The number of fused-ring (bicyclic) bond motifs is 1. The number of hydrogen-bond donors (Lipinski definition) is 1. The minimum absolute atomic E-state index is 0.0860. The van der Waals surface area contributed by atoms with E-state index in [-0.39, 0.29) is 11.9 Å². The summed E-state index contributed by atoms with van der Waals surface area (Å²) in [5.74, 6) is 1.17. The van der Waals surface area contributed by atoms with Gasteiger partial charge >= 0.3 is 0 Å². The molecule has 27 heavy (non-hydrogen) atoms. The number of amides is 1. The van der Waals surface area contributed by atoms with Gasteiger partial charge in [-0.2, -0.15) is 5.10 Å². The first kappa shape index (κ1) is 17.1. The summed E-state index contributed by atoms with van der Waals surface area (Å²) in [6.45, 7) is 1.46. The maximum atomic E-state index is 12.2. The van der Waals surface area contributed by atoms with E-state index in [0.717, 1.165) is 29.7 Å². The van der Waals surface area contributed by atoms with E-state index in [2.05, 4.69) is 20.3 Å². The van der Waals surface area contributed by atoms with Crippen LogP contribution in [0, 0.1) is 0 Å². The Morgan fingerprint density at radius 1 is 1.19 bits per heavy atom. The molecule has 0 spiro atoms. The number of nitrogens with zero attached hydrogens (tertiary/aromatic N) is 4. The van der Waals surface area contributed by atoms with Crippen LogP contribution in [0.5, 0.6) is 11.5 Å². The molecule has 0 bridgehead atoms. The monoisotopic (exact) mass is 367 g/mol. The number of nitrogens with one attached hydrogen (secondary N) is 1. The zero-order valence-corrected chi connectivity index (χ0v) is 15.5. The zero-order chi connectivity index (χ0) is 19.0. The molecule has 0 atom stereocenters. The molecule has 1 aliphatic heterocycles. The van der Waals surface area contributed by atoms with E-state index in [0.29, 0.717) is 17.2 Å². The van der Waals surface area contributed by atoms with Crippen LogP contribution in [0.2, 0.25) is 0 Å². The Labute approximate surface area is 156 Å². The summed E-state index contributed by atoms with van der Waals surface area (Å²) < 4.78 is 12.4. The lowest BCUT2D eigenvalue weighted by Crippen LogP contribution is -2.59. The number of anilines is 1. The van der Waals surface area contributed by atoms with Gasteiger partial charge in [0.15, 0.2) is 11.5 Å². The summed E-state index contributed by atoms with van der Waals surface area (Å²) >= 11 is 0. The van der Waals surface area contributed by atoms with E-state index < -0.39 is 0 Å². The Balaban J connectivity index is 1.50. The van der Waals surface area contributed by atoms with Crippen LogP contribution in [-0.2, 0) is 7.05 Å². The number of methoxy groups -OCH3 is 2. The largest absolute Gasteiger partial charge is 0.493 e. The Bertz CT molecular complexity index is 994. The summed E-state index contributed by atoms with van der Waals surface area (Å²) in [6, 6.07) is 7.59. The van der Waals surface area contributed by atoms with Crippen molar-refractivity contribution in [1.29, 1.82) is 0 Å². The molecule has 2 aromatic heterocycles. The molecular weight excluding hydrogens is 346 g/mol. The van der Waals surface area contributed by atoms with Crippen LogP contribution in [-0.4, -0.2) is 54.0 Å². The number of aromatic nitrogens is 3. The topological polar surface area (TPSA) is 81.5 Å². The number of aryl methyl sites for hydroxylation is 1. The van der Waals surface area contributed by atoms with E-state index in [1.807, 2.05) is 18.2 Å². The van der Waals surface area contributed by atoms with Crippen LogP contribution in [0.1, 0.15) is 10.5 Å². The van der Waals surface area contributed by atoms with Crippen LogP contribution in [0.3, 0.4) is 0 Å². The van der Waals surface area contributed by atoms with Crippen LogP contribution in [0.4, 0.5) is 5.69 Å². The van der Waals surface area contributed by atoms with Crippen molar-refractivity contribution >= 4 is 22.5 Å². The van der Waals surface area contributed by atoms with Gasteiger partial charge in [-0.25, -0.2) is 0 Å². The van der Waals surface area contributed by atoms with Gasteiger partial charge in [0.25, 0.3) is 5.91 Å². The summed E-state index contributed by atoms with van der Waals surface area (Å²) in [5.41, 5.74) is 2.33. The van der Waals surface area contributed by atoms with E-state index in [4.69, 9.17) is 9.47 Å². The van der Waals surface area contributed by atoms with Crippen LogP contribution in [0.15, 0.2) is 36.7 Å². The Morgan fingerprint density at radius 3 is 2.59 bits per heavy atom. The minimum atomic E-state index is -0.147. The summed E-state index contributed by atoms with van der Waals surface area (Å²) in [4.78, 5) is 18.9. The van der Waals surface area contributed by atoms with Crippen LogP contribution >= 0.6 is 0 Å². The first-order valence-electron chi connectivity index (χ1n) is 8.65. The zero-order valence-electron chi connectivity index (χ0n) is 15.5. The molecule has 1 fully saturated rings. The average molecular weight is 367 g/mol. The molecular formula is C19H21N5O3. The molecule has 1 aliphatic rings. The fraction of sp³-hybridized carbons (Fsp3) is 0.316. The average Bonchev–Trinajstić information content (AvgIpc) is 3.09. The van der Waals surface area contributed by atoms with Crippen LogP contribution in [0.25, 0.3) is 10.9 Å². The lowest BCUT2D eigenvalue weighted by Gasteiger charge is -2.41. The Kier molecular flexibility index (Phi) is 4.31. The fourth-order valence-corrected chi connectivity index (χ4v) is 3.30. The number of carbonyl (C=O) groups excluding carboxylic acids is 1. The molecule has 1 amide bonds. The molecule has 1 saturated heterocycles. The third kappa shape index (κ3) is 3.14. The number of pyridine rings is 1. The highest BCUT2D eigenvalue weighted by atomic mass is 16.5. The van der Waals surface area contributed by atoms with Gasteiger partial charge in [-0.1, -0.05) is 0 Å². The normalized spacial score (nSPS) is 14.1. The van der Waals surface area contributed by atoms with Gasteiger partial charge in [-0.15, -0.1) is 0 Å². The van der Waals surface area contributed by atoms with E-state index >= 15 is 0 Å². The van der Waals surface area contributed by atoms with Crippen molar-refractivity contribution < 1.29 is 14.3 Å². The van der Waals surface area contributed by atoms with Crippen molar-refractivity contribution in [2.75, 3.05) is 32.2 Å². The molecule has 1 N–H and O–H groups in total. The Hall–Kier alpha value is -3.29. The molecule has 0 unspecified atom stereocenters. The van der Waals surface area contributed by atoms with E-state index in [1.54, 1.807) is 44.4 Å². The van der Waals surface area contributed by atoms with E-state index in [9.17, 15) is 4.79 Å². The van der Waals surface area contributed by atoms with Crippen molar-refractivity contribution in [3.8, 4) is 11.5 Å². The van der Waals surface area contributed by atoms with Gasteiger partial charge in [0.1, 0.15) is 5.69 Å². The van der Waals surface area contributed by atoms with E-state index in [1.165, 1.54) is 0 Å². The highest BCUT2D eigenvalue weighted by Crippen LogP contribution is 2.36. The predicted octanol–water partition coefficient (Wildman–Crippen LogP) is 1.60. The second-order valence-corrected chi connectivity index (χ2v) is 6.50. The molecule has 140 valence electrons. The molecule has 8 heteroatoms. The maximum Gasteiger partial charge on any atom is 0.272 e. The second kappa shape index (κ2) is 6.79. The number of rotatable bonds is 5. The fourth-order valence-electron chi connectivity index (χ4n) is 3.30. The van der Waals surface area contributed by atoms with Gasteiger partial charge in [-0.05, 0) is 18.2 Å². The van der Waals surface area contributed by atoms with Gasteiger partial charge in [0.05, 0.1) is 25.8 Å². The third-order valence-corrected chi connectivity index (χ3v) is 4.73. The minimum Gasteiger partial charge on any atom is -0.493 e. The van der Waals surface area contributed by atoms with Gasteiger partial charge in [0.2, 0.25) is 0 Å². The molecule has 8 nitrogen and oxygen atoms in total. The quantitative estimate of drug-likeness (QED) is 0.738. The smallest absolute Gasteiger partial charge is 0.272 e. The van der Waals surface area contributed by atoms with Crippen molar-refractivity contribution in [3.05, 3.63) is 42.4 Å². The molecule has 4 rings (SSSR count). The second-order valence-electron chi connectivity index (χ2n) is 6.50. The lowest BCUT2D eigenvalue weighted by molar-refractivity contribution is 0.0924. The highest BCUT2D eigenvalue weighted by molar-refractivity contribution is 5.95. The summed E-state index contributed by atoms with van der Waals surface area (Å²) in [6.07, 6.45) is 3.54. The van der Waals surface area contributed by atoms with Gasteiger partial charge in [0, 0.05) is 49.7 Å². The third-order valence-electron chi connectivity index (χ3n) is 4.73. The number of benzene rings is 1. The van der Waals surface area contributed by atoms with Crippen LogP contribution < -0.4 is 19.7 Å². The molecule has 3 heterocycles. The molecule has 1 aromatic carbocycles. The summed E-state index contributed by atoms with van der Waals surface area (Å²) in [7, 11) is 5.02. The number of ether oxygens (including phenoxy) is 2. The van der Waals surface area contributed by atoms with Gasteiger partial charge in [-0.3, -0.25) is 14.5 Å². The standard InChI is InChI=1S/C19H21N5O3/c1-23-7-5-14(22-23)19(25)21-12-10-24(11-12)16-4-6-20-15-9-18(27-3)17(26-2)8-13(15)16/h4-9,12H,10-11H2,1-3H3,(H,21,25). The lowest BCUT2D eigenvalue weighted by atomic mass is 10.0. The summed E-state index contributed by atoms with van der Waals surface area (Å²) in [5, 5.41) is 8.14.